The van der Waals surface area contributed by atoms with Crippen molar-refractivity contribution < 1.29 is 9.19 Å². The molecule has 0 aromatic rings. The van der Waals surface area contributed by atoms with Gasteiger partial charge in [0.2, 0.25) is 0 Å². The molecule has 0 amide bonds. The van der Waals surface area contributed by atoms with Gasteiger partial charge in [0.05, 0.1) is 0 Å². The molecule has 11 heavy (non-hydrogen) atoms. The highest BCUT2D eigenvalue weighted by atomic mass is 31.2. The zero-order valence-electron chi connectivity index (χ0n) is 6.14. The first-order valence-corrected chi connectivity index (χ1v) is 5.14. The van der Waals surface area contributed by atoms with Gasteiger partial charge in [0.15, 0.2) is 0 Å². The Bertz CT molecular complexity index is 200. The van der Waals surface area contributed by atoms with Crippen LogP contribution in [0.25, 0.3) is 0 Å². The molecular formula is C5H12N3O2P. The summed E-state index contributed by atoms with van der Waals surface area (Å²) >= 11 is 0. The number of nitrogens with zero attached hydrogens (tertiary/aromatic N) is 1. The molecule has 5 nitrogen and oxygen atoms in total. The summed E-state index contributed by atoms with van der Waals surface area (Å²) in [6, 6.07) is 0. The predicted octanol–water partition coefficient (Wildman–Crippen LogP) is 0.553. The topological polar surface area (TPSA) is 81.6 Å². The fourth-order valence-electron chi connectivity index (χ4n) is 0.864. The quantitative estimate of drug-likeness (QED) is 0.602. The Labute approximate surface area is 65.5 Å². The smallest absolute Gasteiger partial charge is 0.254 e. The van der Waals surface area contributed by atoms with Crippen molar-refractivity contribution in [2.45, 2.75) is 12.8 Å². The van der Waals surface area contributed by atoms with Crippen LogP contribution in [0.5, 0.6) is 0 Å². The van der Waals surface area contributed by atoms with E-state index in [4.69, 9.17) is 15.6 Å². The van der Waals surface area contributed by atoms with Crippen molar-refractivity contribution in [2.24, 2.45) is 11.0 Å². The molecule has 0 aromatic heterocycles. The molecule has 0 aliphatic carbocycles. The van der Waals surface area contributed by atoms with Crippen LogP contribution in [0, 0.1) is 0 Å². The highest BCUT2D eigenvalue weighted by molar-refractivity contribution is 7.53. The van der Waals surface area contributed by atoms with Gasteiger partial charge < -0.3 is 0 Å². The van der Waals surface area contributed by atoms with Crippen molar-refractivity contribution in [1.29, 1.82) is 0 Å². The molecule has 64 valence electrons. The largest absolute Gasteiger partial charge is 0.356 e. The Hall–Kier alpha value is -0.350. The molecule has 0 saturated heterocycles. The fourth-order valence-corrected chi connectivity index (χ4v) is 1.33. The standard InChI is InChI=1S/C5H12N3O2P/c6-11(7,9)10-8-4-2-1-3-5-8/h2,4H,1,3,5H2,(H4,6,7,9). The molecule has 0 unspecified atom stereocenters. The summed E-state index contributed by atoms with van der Waals surface area (Å²) in [4.78, 5) is 0. The van der Waals surface area contributed by atoms with E-state index in [0.717, 1.165) is 12.8 Å². The van der Waals surface area contributed by atoms with Crippen LogP contribution in [0.4, 0.5) is 0 Å². The van der Waals surface area contributed by atoms with Gasteiger partial charge in [0, 0.05) is 12.7 Å². The fraction of sp³-hybridized carbons (Fsp3) is 0.600. The summed E-state index contributed by atoms with van der Waals surface area (Å²) in [5.74, 6) is 0. The predicted molar refractivity (Wildman–Crippen MR) is 42.1 cm³/mol. The van der Waals surface area contributed by atoms with E-state index in [1.54, 1.807) is 6.20 Å². The van der Waals surface area contributed by atoms with Crippen LogP contribution in [-0.2, 0) is 9.19 Å². The molecule has 4 N–H and O–H groups in total. The van der Waals surface area contributed by atoms with E-state index in [1.165, 1.54) is 5.06 Å². The minimum absolute atomic E-state index is 0.689. The average molecular weight is 177 g/mol. The number of rotatable bonds is 2. The van der Waals surface area contributed by atoms with Crippen LogP contribution in [0.2, 0.25) is 0 Å². The third-order valence-corrected chi connectivity index (χ3v) is 1.72. The summed E-state index contributed by atoms with van der Waals surface area (Å²) in [6.45, 7) is 0.689. The van der Waals surface area contributed by atoms with Crippen molar-refractivity contribution in [3.63, 3.8) is 0 Å². The Balaban J connectivity index is 2.43. The molecule has 0 fully saturated rings. The summed E-state index contributed by atoms with van der Waals surface area (Å²) in [7, 11) is -3.36. The number of allylic oxidation sites excluding steroid dienone is 1. The van der Waals surface area contributed by atoms with E-state index in [9.17, 15) is 4.57 Å². The van der Waals surface area contributed by atoms with Gasteiger partial charge in [-0.3, -0.25) is 9.63 Å². The minimum Gasteiger partial charge on any atom is -0.254 e. The van der Waals surface area contributed by atoms with Crippen LogP contribution in [0.15, 0.2) is 12.3 Å². The summed E-state index contributed by atoms with van der Waals surface area (Å²) < 4.78 is 15.5. The Morgan fingerprint density at radius 2 is 2.27 bits per heavy atom. The van der Waals surface area contributed by atoms with E-state index >= 15 is 0 Å². The van der Waals surface area contributed by atoms with Gasteiger partial charge in [-0.25, -0.2) is 11.0 Å². The Morgan fingerprint density at radius 1 is 1.55 bits per heavy atom. The van der Waals surface area contributed by atoms with E-state index < -0.39 is 7.67 Å². The van der Waals surface area contributed by atoms with Crippen LogP contribution in [0.3, 0.4) is 0 Å². The van der Waals surface area contributed by atoms with Crippen LogP contribution < -0.4 is 11.0 Å². The van der Waals surface area contributed by atoms with Gasteiger partial charge >= 0.3 is 7.67 Å². The first-order chi connectivity index (χ1) is 5.08. The van der Waals surface area contributed by atoms with Crippen molar-refractivity contribution in [2.75, 3.05) is 6.54 Å². The van der Waals surface area contributed by atoms with Crippen LogP contribution >= 0.6 is 7.67 Å². The number of hydroxylamine groups is 2. The monoisotopic (exact) mass is 177 g/mol. The maximum absolute atomic E-state index is 10.7. The third kappa shape index (κ3) is 3.53. The second kappa shape index (κ2) is 3.36. The van der Waals surface area contributed by atoms with Crippen LogP contribution in [-0.4, -0.2) is 11.6 Å². The molecule has 0 aromatic carbocycles. The van der Waals surface area contributed by atoms with Crippen molar-refractivity contribution in [3.8, 4) is 0 Å². The highest BCUT2D eigenvalue weighted by Gasteiger charge is 2.14. The molecule has 1 aliphatic rings. The molecule has 0 radical (unpaired) electrons. The van der Waals surface area contributed by atoms with Crippen molar-refractivity contribution in [1.82, 2.24) is 5.06 Å². The number of hydrogen-bond donors (Lipinski definition) is 2. The van der Waals surface area contributed by atoms with Crippen molar-refractivity contribution >= 4 is 7.67 Å². The molecule has 0 spiro atoms. The van der Waals surface area contributed by atoms with Gasteiger partial charge in [-0.05, 0) is 12.8 Å². The van der Waals surface area contributed by atoms with Gasteiger partial charge in [-0.2, -0.15) is 4.62 Å². The van der Waals surface area contributed by atoms with E-state index in [1.807, 2.05) is 6.08 Å². The Morgan fingerprint density at radius 3 is 2.73 bits per heavy atom. The lowest BCUT2D eigenvalue weighted by atomic mass is 10.2. The minimum atomic E-state index is -3.36. The second-order valence-electron chi connectivity index (χ2n) is 2.39. The molecular weight excluding hydrogens is 165 g/mol. The summed E-state index contributed by atoms with van der Waals surface area (Å²) in [6.07, 6.45) is 5.59. The molecule has 0 saturated carbocycles. The van der Waals surface area contributed by atoms with Gasteiger partial charge in [0.1, 0.15) is 0 Å². The average Bonchev–Trinajstić information content (AvgIpc) is 1.85. The van der Waals surface area contributed by atoms with Gasteiger partial charge in [-0.1, -0.05) is 6.08 Å². The molecule has 1 aliphatic heterocycles. The maximum atomic E-state index is 10.7. The third-order valence-electron chi connectivity index (χ3n) is 1.25. The first-order valence-electron chi connectivity index (χ1n) is 3.38. The second-order valence-corrected chi connectivity index (χ2v) is 3.85. The highest BCUT2D eigenvalue weighted by Crippen LogP contribution is 2.29. The lowest BCUT2D eigenvalue weighted by Crippen LogP contribution is -2.24. The Kier molecular flexibility index (Phi) is 2.67. The zero-order valence-corrected chi connectivity index (χ0v) is 7.04. The van der Waals surface area contributed by atoms with E-state index in [2.05, 4.69) is 0 Å². The lowest BCUT2D eigenvalue weighted by Gasteiger charge is -2.23. The zero-order chi connectivity index (χ0) is 8.32. The van der Waals surface area contributed by atoms with E-state index in [-0.39, 0.29) is 0 Å². The molecule has 1 heterocycles. The SMILES string of the molecule is NP(N)(=O)ON1C=CCCC1. The van der Waals surface area contributed by atoms with E-state index in [0.29, 0.717) is 6.54 Å². The van der Waals surface area contributed by atoms with Gasteiger partial charge in [0.25, 0.3) is 0 Å². The number of hydrogen-bond acceptors (Lipinski definition) is 3. The normalized spacial score (nSPS) is 18.9. The summed E-state index contributed by atoms with van der Waals surface area (Å²) in [5, 5.41) is 1.41. The lowest BCUT2D eigenvalue weighted by molar-refractivity contribution is -0.00943. The van der Waals surface area contributed by atoms with Gasteiger partial charge in [-0.15, -0.1) is 0 Å². The van der Waals surface area contributed by atoms with Crippen molar-refractivity contribution in [3.05, 3.63) is 12.3 Å². The molecule has 0 bridgehead atoms. The number of nitrogens with two attached hydrogens (primary N) is 2. The van der Waals surface area contributed by atoms with Crippen LogP contribution in [0.1, 0.15) is 12.8 Å². The maximum Gasteiger partial charge on any atom is 0.356 e. The molecule has 6 heteroatoms. The molecule has 0 atom stereocenters. The summed E-state index contributed by atoms with van der Waals surface area (Å²) in [5.41, 5.74) is 10.0. The molecule has 1 rings (SSSR count). The first kappa shape index (κ1) is 8.74.